The number of ether oxygens (including phenoxy) is 2. The Bertz CT molecular complexity index is 1890. The third kappa shape index (κ3) is 10.1. The van der Waals surface area contributed by atoms with Gasteiger partial charge in [0.25, 0.3) is 0 Å². The number of nitrogens with one attached hydrogen (secondary N) is 2. The summed E-state index contributed by atoms with van der Waals surface area (Å²) in [6, 6.07) is 33.8. The first-order valence-corrected chi connectivity index (χ1v) is 18.3. The molecule has 2 amide bonds. The van der Waals surface area contributed by atoms with Gasteiger partial charge in [0.15, 0.2) is 6.29 Å². The zero-order valence-electron chi connectivity index (χ0n) is 28.6. The van der Waals surface area contributed by atoms with Crippen molar-refractivity contribution in [1.29, 1.82) is 0 Å². The first-order valence-electron chi connectivity index (χ1n) is 17.3. The van der Waals surface area contributed by atoms with Gasteiger partial charge in [0.05, 0.1) is 24.5 Å². The molecule has 1 aliphatic heterocycles. The van der Waals surface area contributed by atoms with Gasteiger partial charge in [-0.15, -0.1) is 5.10 Å². The average Bonchev–Trinajstić information content (AvgIpc) is 3.68. The molecule has 12 nitrogen and oxygen atoms in total. The molecule has 1 aromatic heterocycles. The Morgan fingerprint density at radius 3 is 2.31 bits per heavy atom. The summed E-state index contributed by atoms with van der Waals surface area (Å²) in [6.45, 7) is 0.395. The highest BCUT2D eigenvalue weighted by atomic mass is 32.2. The van der Waals surface area contributed by atoms with Crippen molar-refractivity contribution in [2.24, 2.45) is 0 Å². The van der Waals surface area contributed by atoms with Crippen LogP contribution in [-0.4, -0.2) is 54.2 Å². The van der Waals surface area contributed by atoms with Crippen LogP contribution in [-0.2, 0) is 32.2 Å². The van der Waals surface area contributed by atoms with Gasteiger partial charge < -0.3 is 19.9 Å². The smallest absolute Gasteiger partial charge is 0.243 e. The second-order valence-electron chi connectivity index (χ2n) is 12.6. The Balaban J connectivity index is 1.09. The summed E-state index contributed by atoms with van der Waals surface area (Å²) in [6.07, 6.45) is 2.31. The number of nitrogens with zero attached hydrogens (tertiary/aromatic N) is 4. The maximum atomic E-state index is 12.4. The first-order chi connectivity index (χ1) is 25.5. The highest BCUT2D eigenvalue weighted by molar-refractivity contribution is 7.99. The molecule has 5 aromatic rings. The zero-order chi connectivity index (χ0) is 36.1. The van der Waals surface area contributed by atoms with Gasteiger partial charge >= 0.3 is 0 Å². The van der Waals surface area contributed by atoms with Crippen LogP contribution in [0.25, 0.3) is 16.8 Å². The molecule has 0 aliphatic carbocycles. The second-order valence-corrected chi connectivity index (χ2v) is 13.6. The number of carbonyl (C=O) groups excluding carboxylic acids is 2. The number of aromatic nitrogens is 4. The fraction of sp³-hybridized carbons (Fsp3) is 0.308. The summed E-state index contributed by atoms with van der Waals surface area (Å²) in [7, 11) is 0. The molecule has 0 radical (unpaired) electrons. The Labute approximate surface area is 306 Å². The standard InChI is InChI=1S/C39H42N6O6S/c46-25-27-14-16-30(17-15-27)35-23-34(26-52-39-41-43-44-45(39)33-10-3-1-4-11-33)50-38(51-35)31-20-18-29(19-21-31)32-9-7-8-28(22-32)24-40-36(47)12-5-2-6-13-37(48)42-49/h1,3-4,7-11,14-22,34-35,38,46,49H,2,5-6,12-13,23-26H2,(H,40,47)(H,42,48)/t34-,35+,38+/m0/s1. The number of hydroxylamine groups is 1. The Morgan fingerprint density at radius 2 is 1.56 bits per heavy atom. The van der Waals surface area contributed by atoms with Gasteiger partial charge in [0, 0.05) is 37.1 Å². The van der Waals surface area contributed by atoms with E-state index in [0.717, 1.165) is 45.5 Å². The van der Waals surface area contributed by atoms with E-state index in [2.05, 4.69) is 26.9 Å². The van der Waals surface area contributed by atoms with Crippen LogP contribution < -0.4 is 10.8 Å². The van der Waals surface area contributed by atoms with Crippen molar-refractivity contribution >= 4 is 23.6 Å². The summed E-state index contributed by atoms with van der Waals surface area (Å²) in [5.74, 6) is 0.162. The summed E-state index contributed by atoms with van der Waals surface area (Å²) in [5.41, 5.74) is 8.29. The Morgan fingerprint density at radius 1 is 0.808 bits per heavy atom. The predicted octanol–water partition coefficient (Wildman–Crippen LogP) is 6.23. The maximum Gasteiger partial charge on any atom is 0.243 e. The molecule has 6 rings (SSSR count). The fourth-order valence-corrected chi connectivity index (χ4v) is 6.88. The molecule has 270 valence electrons. The molecule has 52 heavy (non-hydrogen) atoms. The van der Waals surface area contributed by atoms with Gasteiger partial charge in [-0.3, -0.25) is 14.8 Å². The van der Waals surface area contributed by atoms with Crippen molar-refractivity contribution in [3.63, 3.8) is 0 Å². The number of rotatable bonds is 16. The van der Waals surface area contributed by atoms with Crippen LogP contribution in [0.4, 0.5) is 0 Å². The molecule has 0 spiro atoms. The molecule has 0 unspecified atom stereocenters. The minimum atomic E-state index is -0.602. The number of tetrazole rings is 1. The third-order valence-corrected chi connectivity index (χ3v) is 9.87. The number of aliphatic hydroxyl groups is 1. The predicted molar refractivity (Wildman–Crippen MR) is 195 cm³/mol. The van der Waals surface area contributed by atoms with E-state index >= 15 is 0 Å². The van der Waals surface area contributed by atoms with E-state index < -0.39 is 12.2 Å². The highest BCUT2D eigenvalue weighted by Gasteiger charge is 2.32. The fourth-order valence-electron chi connectivity index (χ4n) is 5.98. The number of thioether (sulfide) groups is 1. The Hall–Kier alpha value is -4.92. The molecule has 4 N–H and O–H groups in total. The number of hydrogen-bond acceptors (Lipinski definition) is 10. The van der Waals surface area contributed by atoms with Crippen molar-refractivity contribution in [3.05, 3.63) is 125 Å². The van der Waals surface area contributed by atoms with E-state index in [1.807, 2.05) is 97.1 Å². The third-order valence-electron chi connectivity index (χ3n) is 8.82. The normalized spacial score (nSPS) is 17.1. The molecule has 0 bridgehead atoms. The van der Waals surface area contributed by atoms with Crippen molar-refractivity contribution in [3.8, 4) is 16.8 Å². The van der Waals surface area contributed by atoms with E-state index in [9.17, 15) is 14.7 Å². The van der Waals surface area contributed by atoms with Gasteiger partial charge in [0.2, 0.25) is 17.0 Å². The lowest BCUT2D eigenvalue weighted by atomic mass is 9.99. The van der Waals surface area contributed by atoms with E-state index in [4.69, 9.17) is 14.7 Å². The minimum Gasteiger partial charge on any atom is -0.392 e. The maximum absolute atomic E-state index is 12.4. The van der Waals surface area contributed by atoms with Crippen molar-refractivity contribution in [1.82, 2.24) is 31.0 Å². The van der Waals surface area contributed by atoms with Gasteiger partial charge in [-0.25, -0.2) is 5.48 Å². The van der Waals surface area contributed by atoms with E-state index in [1.54, 1.807) is 10.2 Å². The number of benzene rings is 4. The van der Waals surface area contributed by atoms with Crippen LogP contribution in [0.15, 0.2) is 108 Å². The molecule has 3 atom stereocenters. The molecular weight excluding hydrogens is 681 g/mol. The largest absolute Gasteiger partial charge is 0.392 e. The molecule has 1 fully saturated rings. The lowest BCUT2D eigenvalue weighted by Gasteiger charge is -2.36. The van der Waals surface area contributed by atoms with Crippen LogP contribution in [0.1, 0.15) is 73.2 Å². The van der Waals surface area contributed by atoms with Crippen molar-refractivity contribution in [2.75, 3.05) is 5.75 Å². The van der Waals surface area contributed by atoms with Crippen LogP contribution in [0.2, 0.25) is 0 Å². The summed E-state index contributed by atoms with van der Waals surface area (Å²) >= 11 is 1.54. The average molecular weight is 723 g/mol. The molecule has 1 aliphatic rings. The first kappa shape index (κ1) is 36.9. The molecular formula is C39H42N6O6S. The van der Waals surface area contributed by atoms with E-state index in [-0.39, 0.29) is 31.1 Å². The summed E-state index contributed by atoms with van der Waals surface area (Å²) < 4.78 is 14.8. The van der Waals surface area contributed by atoms with Crippen molar-refractivity contribution in [2.45, 2.75) is 75.3 Å². The lowest BCUT2D eigenvalue weighted by Crippen LogP contribution is -2.31. The monoisotopic (exact) mass is 722 g/mol. The molecule has 13 heteroatoms. The molecule has 1 saturated heterocycles. The number of carbonyl (C=O) groups is 2. The van der Waals surface area contributed by atoms with Gasteiger partial charge in [-0.05, 0) is 69.3 Å². The molecule has 2 heterocycles. The highest BCUT2D eigenvalue weighted by Crippen LogP contribution is 2.40. The van der Waals surface area contributed by atoms with Crippen LogP contribution in [0.5, 0.6) is 0 Å². The SMILES string of the molecule is O=C(CCCCCC(=O)NCc1cccc(-c2ccc([C@@H]3O[C@H](CSc4nnnn4-c4ccccc4)C[C@H](c4ccc(CO)cc4)O3)cc2)c1)NO. The Kier molecular flexibility index (Phi) is 13.1. The van der Waals surface area contributed by atoms with E-state index in [1.165, 1.54) is 11.8 Å². The van der Waals surface area contributed by atoms with Crippen LogP contribution in [0.3, 0.4) is 0 Å². The van der Waals surface area contributed by atoms with Crippen LogP contribution >= 0.6 is 11.8 Å². The number of para-hydroxylation sites is 1. The quantitative estimate of drug-likeness (QED) is 0.0398. The van der Waals surface area contributed by atoms with Gasteiger partial charge in [-0.2, -0.15) is 4.68 Å². The van der Waals surface area contributed by atoms with Crippen LogP contribution in [0, 0.1) is 0 Å². The number of aliphatic hydroxyl groups excluding tert-OH is 1. The molecule has 0 saturated carbocycles. The second kappa shape index (κ2) is 18.5. The van der Waals surface area contributed by atoms with Gasteiger partial charge in [-0.1, -0.05) is 103 Å². The lowest BCUT2D eigenvalue weighted by molar-refractivity contribution is -0.245. The number of amides is 2. The number of hydrogen-bond donors (Lipinski definition) is 4. The van der Waals surface area contributed by atoms with Crippen molar-refractivity contribution < 1.29 is 29.4 Å². The number of unbranched alkanes of at least 4 members (excludes halogenated alkanes) is 2. The minimum absolute atomic E-state index is 0.0205. The summed E-state index contributed by atoms with van der Waals surface area (Å²) in [4.78, 5) is 23.5. The van der Waals surface area contributed by atoms with E-state index in [0.29, 0.717) is 43.1 Å². The van der Waals surface area contributed by atoms with Gasteiger partial charge in [0.1, 0.15) is 0 Å². The summed E-state index contributed by atoms with van der Waals surface area (Å²) in [5, 5.41) is 34.1. The molecule has 4 aromatic carbocycles. The zero-order valence-corrected chi connectivity index (χ0v) is 29.5. The topological polar surface area (TPSA) is 161 Å².